The zero-order valence-corrected chi connectivity index (χ0v) is 14.3. The van der Waals surface area contributed by atoms with Gasteiger partial charge in [-0.15, -0.1) is 0 Å². The number of thiophene rings is 1. The Kier molecular flexibility index (Phi) is 4.37. The second-order valence-electron chi connectivity index (χ2n) is 6.76. The third-order valence-electron chi connectivity index (χ3n) is 5.28. The highest BCUT2D eigenvalue weighted by molar-refractivity contribution is 7.07. The van der Waals surface area contributed by atoms with Crippen LogP contribution in [0.3, 0.4) is 0 Å². The average molecular weight is 344 g/mol. The van der Waals surface area contributed by atoms with Gasteiger partial charge in [-0.2, -0.15) is 11.3 Å². The molecule has 3 heterocycles. The van der Waals surface area contributed by atoms with Crippen LogP contribution in [0, 0.1) is 17.7 Å². The molecular weight excluding hydrogens is 323 g/mol. The van der Waals surface area contributed by atoms with Gasteiger partial charge < -0.3 is 10.2 Å². The Morgan fingerprint density at radius 3 is 3.04 bits per heavy atom. The zero-order chi connectivity index (χ0) is 16.5. The van der Waals surface area contributed by atoms with E-state index in [1.807, 2.05) is 16.3 Å². The topological polar surface area (TPSA) is 32.3 Å². The van der Waals surface area contributed by atoms with E-state index >= 15 is 0 Å². The van der Waals surface area contributed by atoms with Gasteiger partial charge in [-0.1, -0.05) is 12.1 Å². The number of carbonyl (C=O) groups excluding carboxylic acids is 1. The molecule has 0 aliphatic carbocycles. The number of hydrogen-bond donors (Lipinski definition) is 1. The molecule has 126 valence electrons. The first-order valence-electron chi connectivity index (χ1n) is 8.49. The first kappa shape index (κ1) is 15.8. The normalized spacial score (nSPS) is 25.9. The summed E-state index contributed by atoms with van der Waals surface area (Å²) < 4.78 is 13.7. The number of carbonyl (C=O) groups is 1. The second-order valence-corrected chi connectivity index (χ2v) is 7.54. The Morgan fingerprint density at radius 2 is 2.25 bits per heavy atom. The Labute approximate surface area is 145 Å². The van der Waals surface area contributed by atoms with Gasteiger partial charge in [0, 0.05) is 32.0 Å². The van der Waals surface area contributed by atoms with E-state index in [-0.39, 0.29) is 17.8 Å². The minimum absolute atomic E-state index is 0.00400. The lowest BCUT2D eigenvalue weighted by Crippen LogP contribution is -2.34. The lowest BCUT2D eigenvalue weighted by atomic mass is 9.89. The summed E-state index contributed by atoms with van der Waals surface area (Å²) in [5.41, 5.74) is 2.15. The summed E-state index contributed by atoms with van der Waals surface area (Å²) in [5, 5.41) is 7.56. The van der Waals surface area contributed by atoms with Gasteiger partial charge in [0.2, 0.25) is 5.91 Å². The largest absolute Gasteiger partial charge is 0.335 e. The molecule has 24 heavy (non-hydrogen) atoms. The molecular formula is C19H21FN2OS. The van der Waals surface area contributed by atoms with E-state index in [0.29, 0.717) is 18.3 Å². The van der Waals surface area contributed by atoms with Crippen molar-refractivity contribution < 1.29 is 9.18 Å². The van der Waals surface area contributed by atoms with Crippen molar-refractivity contribution in [2.45, 2.75) is 18.9 Å². The summed E-state index contributed by atoms with van der Waals surface area (Å²) in [7, 11) is 0. The molecule has 0 bridgehead atoms. The van der Waals surface area contributed by atoms with E-state index in [4.69, 9.17) is 0 Å². The molecule has 0 unspecified atom stereocenters. The average Bonchev–Trinajstić information content (AvgIpc) is 3.29. The van der Waals surface area contributed by atoms with Crippen LogP contribution in [0.5, 0.6) is 0 Å². The van der Waals surface area contributed by atoms with Crippen molar-refractivity contribution in [2.24, 2.45) is 11.8 Å². The Morgan fingerprint density at radius 1 is 1.33 bits per heavy atom. The van der Waals surface area contributed by atoms with Crippen LogP contribution in [0.15, 0.2) is 41.1 Å². The van der Waals surface area contributed by atoms with Crippen LogP contribution in [0.4, 0.5) is 4.39 Å². The lowest BCUT2D eigenvalue weighted by Gasteiger charge is -2.28. The van der Waals surface area contributed by atoms with Crippen LogP contribution in [0.25, 0.3) is 0 Å². The van der Waals surface area contributed by atoms with Crippen molar-refractivity contribution in [2.75, 3.05) is 19.6 Å². The van der Waals surface area contributed by atoms with Crippen molar-refractivity contribution in [3.05, 3.63) is 58.0 Å². The zero-order valence-electron chi connectivity index (χ0n) is 13.5. The number of amides is 1. The van der Waals surface area contributed by atoms with Gasteiger partial charge >= 0.3 is 0 Å². The number of benzene rings is 1. The Bertz CT molecular complexity index is 718. The number of likely N-dealkylation sites (tertiary alicyclic amines) is 1. The number of halogens is 1. The van der Waals surface area contributed by atoms with Gasteiger partial charge in [0.15, 0.2) is 0 Å². The van der Waals surface area contributed by atoms with Crippen LogP contribution < -0.4 is 5.32 Å². The maximum atomic E-state index is 13.7. The van der Waals surface area contributed by atoms with E-state index in [1.165, 1.54) is 11.6 Å². The van der Waals surface area contributed by atoms with E-state index in [2.05, 4.69) is 16.8 Å². The highest BCUT2D eigenvalue weighted by Gasteiger charge is 2.46. The van der Waals surface area contributed by atoms with Crippen LogP contribution >= 0.6 is 11.3 Å². The van der Waals surface area contributed by atoms with E-state index in [0.717, 1.165) is 31.6 Å². The predicted octanol–water partition coefficient (Wildman–Crippen LogP) is 3.24. The van der Waals surface area contributed by atoms with Gasteiger partial charge in [-0.05, 0) is 52.4 Å². The third-order valence-corrected chi connectivity index (χ3v) is 6.01. The van der Waals surface area contributed by atoms with Crippen LogP contribution in [0.1, 0.15) is 23.6 Å². The fraction of sp³-hybridized carbons (Fsp3) is 0.421. The molecule has 2 saturated heterocycles. The molecule has 1 amide bonds. The molecule has 0 radical (unpaired) electrons. The molecule has 3 atom stereocenters. The number of nitrogens with zero attached hydrogens (tertiary/aromatic N) is 1. The molecule has 5 heteroatoms. The van der Waals surface area contributed by atoms with E-state index in [1.54, 1.807) is 23.5 Å². The van der Waals surface area contributed by atoms with E-state index in [9.17, 15) is 9.18 Å². The van der Waals surface area contributed by atoms with Gasteiger partial charge in [0.05, 0.1) is 6.04 Å². The minimum Gasteiger partial charge on any atom is -0.335 e. The summed E-state index contributed by atoms with van der Waals surface area (Å²) in [6.07, 6.45) is 1.30. The lowest BCUT2D eigenvalue weighted by molar-refractivity contribution is -0.132. The number of fused-ring (bicyclic) bond motifs is 1. The highest BCUT2D eigenvalue weighted by atomic mass is 32.1. The molecule has 2 fully saturated rings. The number of rotatable bonds is 4. The van der Waals surface area contributed by atoms with Gasteiger partial charge in [-0.3, -0.25) is 4.79 Å². The number of hydrogen-bond acceptors (Lipinski definition) is 3. The summed E-state index contributed by atoms with van der Waals surface area (Å²) in [6.45, 7) is 2.63. The van der Waals surface area contributed by atoms with Crippen molar-refractivity contribution in [1.29, 1.82) is 0 Å². The number of nitrogens with one attached hydrogen (secondary N) is 1. The molecule has 1 N–H and O–H groups in total. The van der Waals surface area contributed by atoms with Gasteiger partial charge in [0.25, 0.3) is 0 Å². The highest BCUT2D eigenvalue weighted by Crippen LogP contribution is 2.43. The predicted molar refractivity (Wildman–Crippen MR) is 93.3 cm³/mol. The maximum Gasteiger partial charge on any atom is 0.223 e. The van der Waals surface area contributed by atoms with Crippen LogP contribution in [-0.2, 0) is 11.2 Å². The Balaban J connectivity index is 1.55. The van der Waals surface area contributed by atoms with Crippen molar-refractivity contribution in [3.8, 4) is 0 Å². The minimum atomic E-state index is -0.229. The maximum absolute atomic E-state index is 13.7. The molecule has 2 aliphatic rings. The van der Waals surface area contributed by atoms with E-state index < -0.39 is 0 Å². The second kappa shape index (κ2) is 6.65. The molecule has 2 aromatic rings. The molecule has 0 spiro atoms. The van der Waals surface area contributed by atoms with Gasteiger partial charge in [-0.25, -0.2) is 4.39 Å². The fourth-order valence-corrected chi connectivity index (χ4v) is 4.83. The van der Waals surface area contributed by atoms with Crippen molar-refractivity contribution in [1.82, 2.24) is 10.2 Å². The summed E-state index contributed by atoms with van der Waals surface area (Å²) >= 11 is 1.66. The van der Waals surface area contributed by atoms with Crippen LogP contribution in [0.2, 0.25) is 0 Å². The summed E-state index contributed by atoms with van der Waals surface area (Å²) in [4.78, 5) is 14.9. The number of aryl methyl sites for hydroxylation is 1. The van der Waals surface area contributed by atoms with Crippen LogP contribution in [-0.4, -0.2) is 30.4 Å². The van der Waals surface area contributed by atoms with Crippen molar-refractivity contribution >= 4 is 17.2 Å². The SMILES string of the molecule is O=C(CCc1ccsc1)N1C[C@@H]2CNC[C@@H]2[C@H]1c1cccc(F)c1. The quantitative estimate of drug-likeness (QED) is 0.923. The molecule has 4 rings (SSSR count). The molecule has 3 nitrogen and oxygen atoms in total. The summed E-state index contributed by atoms with van der Waals surface area (Å²) in [5.74, 6) is 0.817. The first-order chi connectivity index (χ1) is 11.7. The third kappa shape index (κ3) is 2.98. The summed E-state index contributed by atoms with van der Waals surface area (Å²) in [6, 6.07) is 8.82. The molecule has 0 saturated carbocycles. The Hall–Kier alpha value is -1.72. The van der Waals surface area contributed by atoms with Crippen molar-refractivity contribution in [3.63, 3.8) is 0 Å². The molecule has 1 aromatic heterocycles. The first-order valence-corrected chi connectivity index (χ1v) is 9.43. The van der Waals surface area contributed by atoms with Gasteiger partial charge in [0.1, 0.15) is 5.82 Å². The standard InChI is InChI=1S/C19H21FN2OS/c20-16-3-1-2-14(8-16)19-17-10-21-9-15(17)11-22(19)18(23)5-4-13-6-7-24-12-13/h1-3,6-8,12,15,17,19,21H,4-5,9-11H2/t15-,17-,19+/m0/s1. The fourth-order valence-electron chi connectivity index (χ4n) is 4.12. The molecule has 2 aliphatic heterocycles. The monoisotopic (exact) mass is 344 g/mol. The smallest absolute Gasteiger partial charge is 0.223 e. The molecule has 1 aromatic carbocycles.